The SMILES string of the molecule is Cc1ccc(Oc2cc(F)cc(S(=O)(=O)c3ccccc3)c2)cc1. The maximum absolute atomic E-state index is 13.9. The molecule has 0 saturated carbocycles. The van der Waals surface area contributed by atoms with E-state index in [1.165, 1.54) is 18.2 Å². The Balaban J connectivity index is 1.99. The van der Waals surface area contributed by atoms with Crippen LogP contribution in [0.2, 0.25) is 0 Å². The first-order valence-electron chi connectivity index (χ1n) is 7.30. The summed E-state index contributed by atoms with van der Waals surface area (Å²) in [5.74, 6) is -0.0308. The number of aryl methyl sites for hydroxylation is 1. The van der Waals surface area contributed by atoms with Crippen molar-refractivity contribution in [3.05, 3.63) is 84.2 Å². The van der Waals surface area contributed by atoms with Crippen LogP contribution in [-0.2, 0) is 9.84 Å². The molecule has 0 aliphatic carbocycles. The fourth-order valence-corrected chi connectivity index (χ4v) is 3.56. The first-order valence-corrected chi connectivity index (χ1v) is 8.79. The van der Waals surface area contributed by atoms with Gasteiger partial charge in [-0.15, -0.1) is 0 Å². The van der Waals surface area contributed by atoms with Gasteiger partial charge in [-0.1, -0.05) is 35.9 Å². The highest BCUT2D eigenvalue weighted by atomic mass is 32.2. The smallest absolute Gasteiger partial charge is 0.206 e. The fourth-order valence-electron chi connectivity index (χ4n) is 2.23. The number of hydrogen-bond acceptors (Lipinski definition) is 3. The lowest BCUT2D eigenvalue weighted by atomic mass is 10.2. The van der Waals surface area contributed by atoms with Crippen molar-refractivity contribution in [2.45, 2.75) is 16.7 Å². The molecule has 122 valence electrons. The number of benzene rings is 3. The minimum Gasteiger partial charge on any atom is -0.457 e. The number of rotatable bonds is 4. The summed E-state index contributed by atoms with van der Waals surface area (Å²) in [7, 11) is -3.80. The zero-order valence-electron chi connectivity index (χ0n) is 12.9. The Labute approximate surface area is 140 Å². The van der Waals surface area contributed by atoms with Crippen molar-refractivity contribution in [3.63, 3.8) is 0 Å². The second-order valence-electron chi connectivity index (χ2n) is 5.35. The maximum Gasteiger partial charge on any atom is 0.206 e. The molecule has 0 unspecified atom stereocenters. The van der Waals surface area contributed by atoms with Crippen molar-refractivity contribution in [1.29, 1.82) is 0 Å². The summed E-state index contributed by atoms with van der Waals surface area (Å²) in [4.78, 5) is -0.0345. The number of hydrogen-bond donors (Lipinski definition) is 0. The van der Waals surface area contributed by atoms with Gasteiger partial charge >= 0.3 is 0 Å². The lowest BCUT2D eigenvalue weighted by Crippen LogP contribution is -2.02. The predicted molar refractivity (Wildman–Crippen MR) is 89.5 cm³/mol. The summed E-state index contributed by atoms with van der Waals surface area (Å²) >= 11 is 0. The van der Waals surface area contributed by atoms with E-state index in [0.29, 0.717) is 5.75 Å². The zero-order chi connectivity index (χ0) is 17.2. The molecule has 5 heteroatoms. The van der Waals surface area contributed by atoms with Gasteiger partial charge in [0.25, 0.3) is 0 Å². The summed E-state index contributed by atoms with van der Waals surface area (Å²) in [5.41, 5.74) is 1.06. The molecular formula is C19H15FO3S. The lowest BCUT2D eigenvalue weighted by Gasteiger charge is -2.09. The third kappa shape index (κ3) is 3.46. The Morgan fingerprint density at radius 1 is 0.792 bits per heavy atom. The monoisotopic (exact) mass is 342 g/mol. The Hall–Kier alpha value is -2.66. The lowest BCUT2D eigenvalue weighted by molar-refractivity contribution is 0.474. The van der Waals surface area contributed by atoms with E-state index in [1.807, 2.05) is 19.1 Å². The van der Waals surface area contributed by atoms with E-state index < -0.39 is 15.7 Å². The van der Waals surface area contributed by atoms with Gasteiger partial charge in [-0.05, 0) is 43.3 Å². The van der Waals surface area contributed by atoms with Gasteiger partial charge in [0.1, 0.15) is 17.3 Å². The number of sulfone groups is 1. The van der Waals surface area contributed by atoms with Gasteiger partial charge in [0.15, 0.2) is 0 Å². The standard InChI is InChI=1S/C19H15FO3S/c1-14-7-9-16(10-8-14)23-17-11-15(20)12-19(13-17)24(21,22)18-5-3-2-4-6-18/h2-13H,1H3. The van der Waals surface area contributed by atoms with Crippen molar-refractivity contribution < 1.29 is 17.5 Å². The van der Waals surface area contributed by atoms with Crippen LogP contribution in [0.1, 0.15) is 5.56 Å². The highest BCUT2D eigenvalue weighted by Crippen LogP contribution is 2.28. The van der Waals surface area contributed by atoms with E-state index >= 15 is 0 Å². The molecule has 0 bridgehead atoms. The molecule has 3 aromatic carbocycles. The molecule has 0 heterocycles. The molecule has 0 aliphatic heterocycles. The summed E-state index contributed by atoms with van der Waals surface area (Å²) in [5, 5.41) is 0. The third-order valence-corrected chi connectivity index (χ3v) is 5.21. The molecule has 3 nitrogen and oxygen atoms in total. The van der Waals surface area contributed by atoms with Crippen LogP contribution in [0.5, 0.6) is 11.5 Å². The number of ether oxygens (including phenoxy) is 1. The molecule has 0 amide bonds. The van der Waals surface area contributed by atoms with Crippen LogP contribution < -0.4 is 4.74 Å². The largest absolute Gasteiger partial charge is 0.457 e. The zero-order valence-corrected chi connectivity index (χ0v) is 13.8. The van der Waals surface area contributed by atoms with Gasteiger partial charge in [0, 0.05) is 6.07 Å². The van der Waals surface area contributed by atoms with Gasteiger partial charge in [0.2, 0.25) is 9.84 Å². The second kappa shape index (κ2) is 6.45. The Kier molecular flexibility index (Phi) is 4.36. The topological polar surface area (TPSA) is 43.4 Å². The number of halogens is 1. The van der Waals surface area contributed by atoms with Gasteiger partial charge < -0.3 is 4.74 Å². The van der Waals surface area contributed by atoms with Crippen LogP contribution in [0.25, 0.3) is 0 Å². The van der Waals surface area contributed by atoms with E-state index in [4.69, 9.17) is 4.74 Å². The fraction of sp³-hybridized carbons (Fsp3) is 0.0526. The normalized spacial score (nSPS) is 11.2. The van der Waals surface area contributed by atoms with Crippen molar-refractivity contribution in [2.75, 3.05) is 0 Å². The van der Waals surface area contributed by atoms with E-state index in [-0.39, 0.29) is 15.5 Å². The van der Waals surface area contributed by atoms with Crippen LogP contribution in [0, 0.1) is 12.7 Å². The predicted octanol–water partition coefficient (Wildman–Crippen LogP) is 4.76. The second-order valence-corrected chi connectivity index (χ2v) is 7.30. The van der Waals surface area contributed by atoms with Gasteiger partial charge in [-0.2, -0.15) is 0 Å². The molecule has 3 rings (SSSR count). The van der Waals surface area contributed by atoms with Crippen LogP contribution in [-0.4, -0.2) is 8.42 Å². The first-order chi connectivity index (χ1) is 11.4. The van der Waals surface area contributed by atoms with Crippen molar-refractivity contribution in [3.8, 4) is 11.5 Å². The summed E-state index contributed by atoms with van der Waals surface area (Å²) in [6, 6.07) is 18.6. The van der Waals surface area contributed by atoms with Crippen molar-refractivity contribution in [1.82, 2.24) is 0 Å². The maximum atomic E-state index is 13.9. The van der Waals surface area contributed by atoms with Crippen LogP contribution in [0.4, 0.5) is 4.39 Å². The molecule has 3 aromatic rings. The van der Waals surface area contributed by atoms with Crippen LogP contribution in [0.3, 0.4) is 0 Å². The highest BCUT2D eigenvalue weighted by molar-refractivity contribution is 7.91. The highest BCUT2D eigenvalue weighted by Gasteiger charge is 2.19. The molecule has 0 fully saturated rings. The van der Waals surface area contributed by atoms with E-state index in [2.05, 4.69) is 0 Å². The Morgan fingerprint density at radius 2 is 1.46 bits per heavy atom. The molecule has 0 saturated heterocycles. The van der Waals surface area contributed by atoms with Crippen LogP contribution >= 0.6 is 0 Å². The van der Waals surface area contributed by atoms with Gasteiger partial charge in [-0.3, -0.25) is 0 Å². The molecule has 0 radical (unpaired) electrons. The summed E-state index contributed by atoms with van der Waals surface area (Å²) in [6.45, 7) is 1.94. The minimum absolute atomic E-state index is 0.108. The molecule has 0 atom stereocenters. The molecule has 0 N–H and O–H groups in total. The average Bonchev–Trinajstić information content (AvgIpc) is 2.57. The molecular weight excluding hydrogens is 327 g/mol. The van der Waals surface area contributed by atoms with Crippen molar-refractivity contribution >= 4 is 9.84 Å². The first kappa shape index (κ1) is 16.2. The van der Waals surface area contributed by atoms with Gasteiger partial charge in [0.05, 0.1) is 9.79 Å². The summed E-state index contributed by atoms with van der Waals surface area (Å²) < 4.78 is 44.7. The average molecular weight is 342 g/mol. The molecule has 0 aliphatic rings. The molecule has 0 aromatic heterocycles. The Morgan fingerprint density at radius 3 is 2.12 bits per heavy atom. The third-order valence-electron chi connectivity index (χ3n) is 3.47. The van der Waals surface area contributed by atoms with E-state index in [1.54, 1.807) is 30.3 Å². The van der Waals surface area contributed by atoms with E-state index in [0.717, 1.165) is 17.7 Å². The van der Waals surface area contributed by atoms with Crippen molar-refractivity contribution in [2.24, 2.45) is 0 Å². The summed E-state index contributed by atoms with van der Waals surface area (Å²) in [6.07, 6.45) is 0. The van der Waals surface area contributed by atoms with Gasteiger partial charge in [-0.25, -0.2) is 12.8 Å². The molecule has 24 heavy (non-hydrogen) atoms. The Bertz CT molecular complexity index is 950. The van der Waals surface area contributed by atoms with E-state index in [9.17, 15) is 12.8 Å². The van der Waals surface area contributed by atoms with Crippen LogP contribution in [0.15, 0.2) is 82.6 Å². The molecule has 0 spiro atoms. The quantitative estimate of drug-likeness (QED) is 0.686. The minimum atomic E-state index is -3.80.